The first-order valence-corrected chi connectivity index (χ1v) is 4.52. The van der Waals surface area contributed by atoms with E-state index in [-0.39, 0.29) is 0 Å². The van der Waals surface area contributed by atoms with E-state index < -0.39 is 0 Å². The Kier molecular flexibility index (Phi) is 2.34. The molecule has 0 saturated carbocycles. The van der Waals surface area contributed by atoms with E-state index in [9.17, 15) is 0 Å². The van der Waals surface area contributed by atoms with Crippen molar-refractivity contribution in [3.05, 3.63) is 60.7 Å². The molecule has 0 unspecified atom stereocenters. The highest BCUT2D eigenvalue weighted by molar-refractivity contribution is 5.88. The number of hydrogen-bond acceptors (Lipinski definition) is 0. The topological polar surface area (TPSA) is 0 Å². The molecule has 0 atom stereocenters. The van der Waals surface area contributed by atoms with Gasteiger partial charge in [0.2, 0.25) is 0 Å². The van der Waals surface area contributed by atoms with Gasteiger partial charge < -0.3 is 0 Å². The van der Waals surface area contributed by atoms with Crippen molar-refractivity contribution in [2.45, 2.75) is 0 Å². The summed E-state index contributed by atoms with van der Waals surface area (Å²) in [5.41, 5.74) is 1.06. The molecule has 2 rings (SSSR count). The average molecular weight is 178 g/mol. The number of hydrogen-bond donors (Lipinski definition) is 0. The van der Waals surface area contributed by atoms with E-state index in [1.165, 1.54) is 10.8 Å². The zero-order valence-corrected chi connectivity index (χ0v) is 7.83. The first-order chi connectivity index (χ1) is 6.92. The molecule has 0 nitrogen and oxygen atoms in total. The Labute approximate surface area is 83.9 Å². The van der Waals surface area contributed by atoms with Gasteiger partial charge in [0, 0.05) is 5.56 Å². The molecular formula is C14H10. The van der Waals surface area contributed by atoms with Gasteiger partial charge in [-0.25, -0.2) is 0 Å². The summed E-state index contributed by atoms with van der Waals surface area (Å²) in [5, 5.41) is 2.42. The van der Waals surface area contributed by atoms with Crippen molar-refractivity contribution in [2.24, 2.45) is 0 Å². The molecule has 0 aliphatic heterocycles. The molecule has 14 heavy (non-hydrogen) atoms. The molecule has 2 aromatic carbocycles. The molecule has 66 valence electrons. The molecule has 0 bridgehead atoms. The van der Waals surface area contributed by atoms with Crippen molar-refractivity contribution in [3.63, 3.8) is 0 Å². The van der Waals surface area contributed by atoms with Crippen molar-refractivity contribution >= 4 is 10.8 Å². The fourth-order valence-electron chi connectivity index (χ4n) is 1.46. The van der Waals surface area contributed by atoms with Crippen LogP contribution in [0.5, 0.6) is 0 Å². The quantitative estimate of drug-likeness (QED) is 0.542. The standard InChI is InChI=1S/C14H10/c1-2-3-7-12-9-6-10-13-8-4-5-11-14(12)13/h2,4-6,8-11H,1H2. The molecular weight excluding hydrogens is 168 g/mol. The van der Waals surface area contributed by atoms with Crippen molar-refractivity contribution in [3.8, 4) is 11.8 Å². The van der Waals surface area contributed by atoms with Crippen LogP contribution in [0.3, 0.4) is 0 Å². The van der Waals surface area contributed by atoms with Gasteiger partial charge in [0.25, 0.3) is 0 Å². The third kappa shape index (κ3) is 1.53. The minimum Gasteiger partial charge on any atom is -0.0906 e. The van der Waals surface area contributed by atoms with Gasteiger partial charge in [-0.3, -0.25) is 0 Å². The van der Waals surface area contributed by atoms with Gasteiger partial charge in [-0.1, -0.05) is 54.8 Å². The summed E-state index contributed by atoms with van der Waals surface area (Å²) in [4.78, 5) is 0. The van der Waals surface area contributed by atoms with Crippen LogP contribution in [-0.4, -0.2) is 0 Å². The zero-order chi connectivity index (χ0) is 9.80. The highest BCUT2D eigenvalue weighted by Gasteiger charge is 1.95. The molecule has 0 heteroatoms. The lowest BCUT2D eigenvalue weighted by Crippen LogP contribution is -1.77. The SMILES string of the molecule is C=CC#Cc1cccc2ccccc12. The van der Waals surface area contributed by atoms with Gasteiger partial charge in [0.1, 0.15) is 0 Å². The molecule has 0 N–H and O–H groups in total. The third-order valence-electron chi connectivity index (χ3n) is 2.10. The lowest BCUT2D eigenvalue weighted by atomic mass is 10.1. The van der Waals surface area contributed by atoms with Crippen LogP contribution in [0.15, 0.2) is 55.1 Å². The second kappa shape index (κ2) is 3.81. The van der Waals surface area contributed by atoms with Crippen LogP contribution < -0.4 is 0 Å². The van der Waals surface area contributed by atoms with E-state index in [2.05, 4.69) is 36.6 Å². The summed E-state index contributed by atoms with van der Waals surface area (Å²) in [7, 11) is 0. The Morgan fingerprint density at radius 1 is 1.00 bits per heavy atom. The van der Waals surface area contributed by atoms with Gasteiger partial charge in [-0.15, -0.1) is 0 Å². The Hall–Kier alpha value is -2.00. The number of rotatable bonds is 0. The maximum absolute atomic E-state index is 3.58. The normalized spacial score (nSPS) is 9.14. The number of allylic oxidation sites excluding steroid dienone is 1. The van der Waals surface area contributed by atoms with Crippen molar-refractivity contribution in [1.29, 1.82) is 0 Å². The van der Waals surface area contributed by atoms with E-state index in [0.717, 1.165) is 5.56 Å². The van der Waals surface area contributed by atoms with Crippen molar-refractivity contribution in [1.82, 2.24) is 0 Å². The smallest absolute Gasteiger partial charge is 0.0327 e. The minimum atomic E-state index is 1.06. The average Bonchev–Trinajstić information content (AvgIpc) is 2.26. The van der Waals surface area contributed by atoms with E-state index in [4.69, 9.17) is 0 Å². The van der Waals surface area contributed by atoms with Crippen LogP contribution in [0.25, 0.3) is 10.8 Å². The minimum absolute atomic E-state index is 1.06. The molecule has 2 aromatic rings. The molecule has 0 aliphatic carbocycles. The van der Waals surface area contributed by atoms with Gasteiger partial charge >= 0.3 is 0 Å². The molecule has 0 aliphatic rings. The van der Waals surface area contributed by atoms with Crippen LogP contribution in [0, 0.1) is 11.8 Å². The molecule has 0 saturated heterocycles. The van der Waals surface area contributed by atoms with Gasteiger partial charge in [0.15, 0.2) is 0 Å². The van der Waals surface area contributed by atoms with E-state index in [1.807, 2.05) is 24.3 Å². The second-order valence-electron chi connectivity index (χ2n) is 3.00. The largest absolute Gasteiger partial charge is 0.0906 e. The molecule has 0 spiro atoms. The highest BCUT2D eigenvalue weighted by Crippen LogP contribution is 2.17. The van der Waals surface area contributed by atoms with Gasteiger partial charge in [-0.05, 0) is 22.9 Å². The van der Waals surface area contributed by atoms with E-state index in [1.54, 1.807) is 6.08 Å². The Morgan fingerprint density at radius 2 is 1.79 bits per heavy atom. The Morgan fingerprint density at radius 3 is 2.64 bits per heavy atom. The van der Waals surface area contributed by atoms with Crippen molar-refractivity contribution < 1.29 is 0 Å². The lowest BCUT2D eigenvalue weighted by Gasteiger charge is -1.98. The summed E-state index contributed by atoms with van der Waals surface area (Å²) in [6, 6.07) is 14.4. The fourth-order valence-corrected chi connectivity index (χ4v) is 1.46. The first kappa shape index (κ1) is 8.59. The second-order valence-corrected chi connectivity index (χ2v) is 3.00. The molecule has 0 fully saturated rings. The molecule has 0 heterocycles. The van der Waals surface area contributed by atoms with Crippen LogP contribution in [0.2, 0.25) is 0 Å². The van der Waals surface area contributed by atoms with E-state index in [0.29, 0.717) is 0 Å². The number of fused-ring (bicyclic) bond motifs is 1. The van der Waals surface area contributed by atoms with Crippen LogP contribution in [0.1, 0.15) is 5.56 Å². The Bertz CT molecular complexity index is 519. The predicted molar refractivity (Wildman–Crippen MR) is 61.0 cm³/mol. The molecule has 0 aromatic heterocycles. The lowest BCUT2D eigenvalue weighted by molar-refractivity contribution is 1.70. The van der Waals surface area contributed by atoms with Gasteiger partial charge in [0.05, 0.1) is 0 Å². The third-order valence-corrected chi connectivity index (χ3v) is 2.10. The fraction of sp³-hybridized carbons (Fsp3) is 0. The number of benzene rings is 2. The summed E-state index contributed by atoms with van der Waals surface area (Å²) in [6.45, 7) is 3.58. The summed E-state index contributed by atoms with van der Waals surface area (Å²) in [6.07, 6.45) is 1.61. The Balaban J connectivity index is 2.70. The van der Waals surface area contributed by atoms with Crippen molar-refractivity contribution in [2.75, 3.05) is 0 Å². The predicted octanol–water partition coefficient (Wildman–Crippen LogP) is 3.38. The van der Waals surface area contributed by atoms with Crippen LogP contribution in [0.4, 0.5) is 0 Å². The summed E-state index contributed by atoms with van der Waals surface area (Å²) in [5.74, 6) is 5.94. The van der Waals surface area contributed by atoms with Crippen LogP contribution in [-0.2, 0) is 0 Å². The first-order valence-electron chi connectivity index (χ1n) is 4.52. The monoisotopic (exact) mass is 178 g/mol. The highest BCUT2D eigenvalue weighted by atomic mass is 14.0. The zero-order valence-electron chi connectivity index (χ0n) is 7.83. The molecule has 0 amide bonds. The summed E-state index contributed by atoms with van der Waals surface area (Å²) >= 11 is 0. The maximum atomic E-state index is 3.58. The summed E-state index contributed by atoms with van der Waals surface area (Å²) < 4.78 is 0. The van der Waals surface area contributed by atoms with Crippen LogP contribution >= 0.6 is 0 Å². The van der Waals surface area contributed by atoms with E-state index >= 15 is 0 Å². The maximum Gasteiger partial charge on any atom is 0.0327 e. The molecule has 0 radical (unpaired) electrons. The van der Waals surface area contributed by atoms with Gasteiger partial charge in [-0.2, -0.15) is 0 Å².